The quantitative estimate of drug-likeness (QED) is 0.121. The summed E-state index contributed by atoms with van der Waals surface area (Å²) in [4.78, 5) is 13.0. The van der Waals surface area contributed by atoms with Gasteiger partial charge in [-0.3, -0.25) is 10.1 Å². The van der Waals surface area contributed by atoms with E-state index < -0.39 is 34.9 Å². The van der Waals surface area contributed by atoms with Crippen molar-refractivity contribution in [2.24, 2.45) is 5.92 Å². The third kappa shape index (κ3) is 6.46. The summed E-state index contributed by atoms with van der Waals surface area (Å²) in [7, 11) is 0. The topological polar surface area (TPSA) is 79.8 Å². The summed E-state index contributed by atoms with van der Waals surface area (Å²) < 4.78 is 29.0. The molecule has 1 amide bonds. The number of aliphatic hydroxyl groups excluding tert-OH is 1. The van der Waals surface area contributed by atoms with Crippen molar-refractivity contribution in [3.63, 3.8) is 0 Å². The van der Waals surface area contributed by atoms with Crippen LogP contribution in [0.1, 0.15) is 32.6 Å². The van der Waals surface area contributed by atoms with Crippen LogP contribution in [0.15, 0.2) is 146 Å². The van der Waals surface area contributed by atoms with Crippen LogP contribution in [0.2, 0.25) is 0 Å². The lowest BCUT2D eigenvalue weighted by atomic mass is 9.77. The van der Waals surface area contributed by atoms with E-state index in [-0.39, 0.29) is 30.5 Å². The monoisotopic (exact) mass is 646 g/mol. The van der Waals surface area contributed by atoms with E-state index in [0.29, 0.717) is 5.56 Å². The molecule has 1 aliphatic rings. The minimum Gasteiger partial charge on any atom is -0.396 e. The van der Waals surface area contributed by atoms with E-state index in [2.05, 4.69) is 10.6 Å². The zero-order valence-corrected chi connectivity index (χ0v) is 26.4. The third-order valence-electron chi connectivity index (χ3n) is 8.76. The van der Waals surface area contributed by atoms with Crippen molar-refractivity contribution < 1.29 is 23.8 Å². The highest BCUT2D eigenvalue weighted by molar-refractivity contribution is 7.80. The van der Waals surface area contributed by atoms with Gasteiger partial charge in [-0.1, -0.05) is 127 Å². The fraction of sp³-hybridized carbons (Fsp3) is 0.179. The van der Waals surface area contributed by atoms with Crippen molar-refractivity contribution in [3.05, 3.63) is 179 Å². The molecule has 1 aliphatic heterocycles. The summed E-state index contributed by atoms with van der Waals surface area (Å²) >= 11 is 5.60. The third-order valence-corrected chi connectivity index (χ3v) is 8.97. The van der Waals surface area contributed by atoms with Crippen LogP contribution in [0, 0.1) is 11.7 Å². The van der Waals surface area contributed by atoms with Crippen LogP contribution in [-0.2, 0) is 20.6 Å². The van der Waals surface area contributed by atoms with Crippen LogP contribution in [0.4, 0.5) is 4.39 Å². The zero-order chi connectivity index (χ0) is 32.7. The molecule has 1 heterocycles. The average molecular weight is 647 g/mol. The van der Waals surface area contributed by atoms with Crippen LogP contribution in [-0.4, -0.2) is 42.1 Å². The van der Waals surface area contributed by atoms with E-state index in [0.717, 1.165) is 16.7 Å². The average Bonchev–Trinajstić information content (AvgIpc) is 3.47. The zero-order valence-electron chi connectivity index (χ0n) is 25.6. The lowest BCUT2D eigenvalue weighted by molar-refractivity contribution is -0.0603. The highest BCUT2D eigenvalue weighted by Gasteiger charge is 2.53. The fourth-order valence-corrected chi connectivity index (χ4v) is 6.76. The van der Waals surface area contributed by atoms with Crippen molar-refractivity contribution in [3.8, 4) is 0 Å². The number of carbonyl (C=O) groups is 1. The van der Waals surface area contributed by atoms with Gasteiger partial charge in [-0.05, 0) is 47.1 Å². The van der Waals surface area contributed by atoms with Gasteiger partial charge >= 0.3 is 0 Å². The lowest BCUT2D eigenvalue weighted by Gasteiger charge is -2.39. The molecule has 6 nitrogen and oxygen atoms in total. The first-order valence-electron chi connectivity index (χ1n) is 15.4. The molecular weight excluding hydrogens is 612 g/mol. The molecule has 6 rings (SSSR count). The number of hydrogen-bond acceptors (Lipinski definition) is 5. The Morgan fingerprint density at radius 2 is 1.30 bits per heavy atom. The molecule has 0 spiro atoms. The Kier molecular flexibility index (Phi) is 9.84. The summed E-state index contributed by atoms with van der Waals surface area (Å²) in [6.07, 6.45) is -0.685. The van der Waals surface area contributed by atoms with Gasteiger partial charge < -0.3 is 19.9 Å². The van der Waals surface area contributed by atoms with Gasteiger partial charge in [0, 0.05) is 17.0 Å². The maximum absolute atomic E-state index is 15.6. The van der Waals surface area contributed by atoms with Gasteiger partial charge in [-0.2, -0.15) is 0 Å². The number of benzene rings is 5. The van der Waals surface area contributed by atoms with Gasteiger partial charge in [0.05, 0.1) is 31.5 Å². The smallest absolute Gasteiger partial charge is 0.257 e. The van der Waals surface area contributed by atoms with Crippen LogP contribution in [0.5, 0.6) is 0 Å². The summed E-state index contributed by atoms with van der Waals surface area (Å²) in [6, 6.07) is 44.8. The molecule has 0 aromatic heterocycles. The molecule has 1 saturated heterocycles. The number of halogens is 1. The number of nitrogens with one attached hydrogen (secondary N) is 2. The molecule has 5 aromatic rings. The number of carbonyl (C=O) groups excluding carboxylic acids is 1. The Balaban J connectivity index is 1.36. The Morgan fingerprint density at radius 3 is 1.81 bits per heavy atom. The molecular formula is C39H35FN2O4S. The van der Waals surface area contributed by atoms with Crippen LogP contribution in [0.25, 0.3) is 0 Å². The number of aliphatic hydroxyl groups is 1. The first kappa shape index (κ1) is 32.2. The Bertz CT molecular complexity index is 1700. The van der Waals surface area contributed by atoms with E-state index >= 15 is 4.39 Å². The normalized spacial score (nSPS) is 19.2. The van der Waals surface area contributed by atoms with Crippen molar-refractivity contribution in [1.29, 1.82) is 0 Å². The molecule has 0 aliphatic carbocycles. The van der Waals surface area contributed by atoms with E-state index in [1.54, 1.807) is 42.5 Å². The van der Waals surface area contributed by atoms with Crippen LogP contribution in [0.3, 0.4) is 0 Å². The number of thiocarbonyl (C=S) groups is 1. The molecule has 1 fully saturated rings. The summed E-state index contributed by atoms with van der Waals surface area (Å²) in [5, 5.41) is 16.8. The SMILES string of the molecule is O=C(NC(=S)N[C@@]1(c2ccccc2F)CO[C@H](COC(c2ccccc2)(c2ccccc2)c2ccccc2)[C@H]1CO)c1ccccc1. The first-order chi connectivity index (χ1) is 23.0. The summed E-state index contributed by atoms with van der Waals surface area (Å²) in [6.45, 7) is -0.367. The standard InChI is InChI=1S/C39H35FN2O4S/c40-34-24-14-13-23-32(34)38(42-37(47)41-36(44)28-15-5-1-6-16-28)27-45-35(33(38)25-43)26-46-39(29-17-7-2-8-18-29,30-19-9-3-10-20-30)31-21-11-4-12-22-31/h1-24,33,35,43H,25-27H2,(H2,41,42,44,47)/t33-,35-,38-/m1/s1. The van der Waals surface area contributed by atoms with Crippen molar-refractivity contribution in [1.82, 2.24) is 10.6 Å². The van der Waals surface area contributed by atoms with Crippen molar-refractivity contribution in [2.45, 2.75) is 17.2 Å². The number of ether oxygens (including phenoxy) is 2. The summed E-state index contributed by atoms with van der Waals surface area (Å²) in [5.74, 6) is -1.62. The van der Waals surface area contributed by atoms with Gasteiger partial charge in [-0.25, -0.2) is 4.39 Å². The van der Waals surface area contributed by atoms with E-state index in [4.69, 9.17) is 21.7 Å². The van der Waals surface area contributed by atoms with E-state index in [1.807, 2.05) is 97.1 Å². The highest BCUT2D eigenvalue weighted by Crippen LogP contribution is 2.44. The maximum atomic E-state index is 15.6. The second-order valence-corrected chi connectivity index (χ2v) is 11.9. The molecule has 0 bridgehead atoms. The predicted molar refractivity (Wildman–Crippen MR) is 183 cm³/mol. The van der Waals surface area contributed by atoms with Crippen molar-refractivity contribution in [2.75, 3.05) is 19.8 Å². The van der Waals surface area contributed by atoms with Crippen molar-refractivity contribution >= 4 is 23.2 Å². The number of amides is 1. The molecule has 3 atom stereocenters. The van der Waals surface area contributed by atoms with Crippen LogP contribution < -0.4 is 10.6 Å². The molecule has 3 N–H and O–H groups in total. The summed E-state index contributed by atoms with van der Waals surface area (Å²) in [5.41, 5.74) is 1.09. The number of hydrogen-bond donors (Lipinski definition) is 3. The predicted octanol–water partition coefficient (Wildman–Crippen LogP) is 6.34. The molecule has 0 radical (unpaired) electrons. The minimum absolute atomic E-state index is 0.0158. The second kappa shape index (κ2) is 14.4. The highest BCUT2D eigenvalue weighted by atomic mass is 32.1. The van der Waals surface area contributed by atoms with Gasteiger partial charge in [0.15, 0.2) is 5.11 Å². The minimum atomic E-state index is -1.32. The molecule has 0 saturated carbocycles. The Hall–Kier alpha value is -4.73. The molecule has 0 unspecified atom stereocenters. The first-order valence-corrected chi connectivity index (χ1v) is 15.9. The van der Waals surface area contributed by atoms with Gasteiger partial charge in [0.1, 0.15) is 11.4 Å². The Labute approximate surface area is 279 Å². The number of rotatable bonds is 10. The molecule has 5 aromatic carbocycles. The lowest BCUT2D eigenvalue weighted by Crippen LogP contribution is -2.57. The second-order valence-electron chi connectivity index (χ2n) is 11.5. The van der Waals surface area contributed by atoms with E-state index in [9.17, 15) is 9.90 Å². The van der Waals surface area contributed by atoms with E-state index in [1.165, 1.54) is 6.07 Å². The molecule has 238 valence electrons. The Morgan fingerprint density at radius 1 is 0.809 bits per heavy atom. The van der Waals surface area contributed by atoms with Gasteiger partial charge in [-0.15, -0.1) is 0 Å². The fourth-order valence-electron chi connectivity index (χ4n) is 6.49. The maximum Gasteiger partial charge on any atom is 0.257 e. The molecule has 47 heavy (non-hydrogen) atoms. The molecule has 8 heteroatoms. The van der Waals surface area contributed by atoms with Crippen LogP contribution >= 0.6 is 12.2 Å². The largest absolute Gasteiger partial charge is 0.396 e. The van der Waals surface area contributed by atoms with Gasteiger partial charge in [0.2, 0.25) is 0 Å². The van der Waals surface area contributed by atoms with Gasteiger partial charge in [0.25, 0.3) is 5.91 Å².